The van der Waals surface area contributed by atoms with Gasteiger partial charge in [-0.3, -0.25) is 4.79 Å². The van der Waals surface area contributed by atoms with Gasteiger partial charge in [-0.25, -0.2) is 0 Å². The van der Waals surface area contributed by atoms with E-state index in [1.165, 1.54) is 0 Å². The fourth-order valence-electron chi connectivity index (χ4n) is 2.05. The zero-order valence-electron chi connectivity index (χ0n) is 12.0. The molecule has 120 valence electrons. The lowest BCUT2D eigenvalue weighted by atomic mass is 10.2. The molecule has 3 rings (SSSR count). The highest BCUT2D eigenvalue weighted by Gasteiger charge is 2.13. The van der Waals surface area contributed by atoms with Crippen LogP contribution in [0.4, 0.5) is 5.69 Å². The first-order chi connectivity index (χ1) is 11.1. The molecule has 0 radical (unpaired) electrons. The van der Waals surface area contributed by atoms with Crippen LogP contribution in [-0.4, -0.2) is 25.7 Å². The fraction of sp³-hybridized carbons (Fsp3) is 0.188. The molecule has 1 aliphatic heterocycles. The van der Waals surface area contributed by atoms with Gasteiger partial charge in [-0.2, -0.15) is 0 Å². The number of carbonyl (C=O) groups excluding carboxylic acids is 1. The van der Waals surface area contributed by atoms with Gasteiger partial charge in [-0.15, -0.1) is 0 Å². The van der Waals surface area contributed by atoms with E-state index in [0.717, 1.165) is 4.47 Å². The summed E-state index contributed by atoms with van der Waals surface area (Å²) in [5.74, 6) is 1.44. The van der Waals surface area contributed by atoms with Crippen LogP contribution in [0, 0.1) is 0 Å². The van der Waals surface area contributed by atoms with E-state index in [9.17, 15) is 4.79 Å². The molecule has 1 heterocycles. The van der Waals surface area contributed by atoms with Gasteiger partial charge in [0, 0.05) is 16.2 Å². The molecule has 1 aliphatic rings. The van der Waals surface area contributed by atoms with Gasteiger partial charge in [0.2, 0.25) is 0 Å². The Labute approximate surface area is 146 Å². The Morgan fingerprint density at radius 1 is 1.17 bits per heavy atom. The van der Waals surface area contributed by atoms with Gasteiger partial charge in [-0.05, 0) is 30.3 Å². The second-order valence-electron chi connectivity index (χ2n) is 4.77. The molecule has 0 aliphatic carbocycles. The summed E-state index contributed by atoms with van der Waals surface area (Å²) < 4.78 is 17.2. The first-order valence-electron chi connectivity index (χ1n) is 6.89. The number of nitrogens with one attached hydrogen (secondary N) is 1. The van der Waals surface area contributed by atoms with E-state index in [1.54, 1.807) is 36.4 Å². The third-order valence-electron chi connectivity index (χ3n) is 3.08. The molecule has 5 nitrogen and oxygen atoms in total. The summed E-state index contributed by atoms with van der Waals surface area (Å²) in [5, 5.41) is 3.19. The molecule has 0 unspecified atom stereocenters. The third kappa shape index (κ3) is 4.09. The molecule has 0 saturated heterocycles. The van der Waals surface area contributed by atoms with Gasteiger partial charge < -0.3 is 19.5 Å². The van der Waals surface area contributed by atoms with Gasteiger partial charge in [0.05, 0.1) is 5.02 Å². The number of benzene rings is 2. The lowest BCUT2D eigenvalue weighted by Crippen LogP contribution is -2.21. The van der Waals surface area contributed by atoms with Gasteiger partial charge in [0.25, 0.3) is 5.91 Å². The number of hydrogen-bond acceptors (Lipinski definition) is 4. The molecule has 0 saturated carbocycles. The van der Waals surface area contributed by atoms with Crippen molar-refractivity contribution in [2.24, 2.45) is 0 Å². The molecule has 1 amide bonds. The number of anilines is 1. The molecule has 0 atom stereocenters. The van der Waals surface area contributed by atoms with Crippen LogP contribution in [0.1, 0.15) is 0 Å². The third-order valence-corrected chi connectivity index (χ3v) is 3.88. The minimum absolute atomic E-state index is 0.148. The molecule has 0 spiro atoms. The molecule has 2 aromatic carbocycles. The molecule has 7 heteroatoms. The Morgan fingerprint density at radius 2 is 1.96 bits per heavy atom. The van der Waals surface area contributed by atoms with Crippen molar-refractivity contribution in [3.63, 3.8) is 0 Å². The Morgan fingerprint density at radius 3 is 2.78 bits per heavy atom. The second kappa shape index (κ2) is 7.10. The molecular formula is C16H13BrClNO4. The summed E-state index contributed by atoms with van der Waals surface area (Å²) in [6.45, 7) is 0.874. The van der Waals surface area contributed by atoms with Crippen molar-refractivity contribution in [2.45, 2.75) is 0 Å². The molecule has 2 aromatic rings. The van der Waals surface area contributed by atoms with Crippen molar-refractivity contribution in [2.75, 3.05) is 25.1 Å². The summed E-state index contributed by atoms with van der Waals surface area (Å²) >= 11 is 9.34. The Bertz CT molecular complexity index is 738. The van der Waals surface area contributed by atoms with Crippen molar-refractivity contribution < 1.29 is 19.0 Å². The van der Waals surface area contributed by atoms with Crippen LogP contribution in [0.25, 0.3) is 0 Å². The van der Waals surface area contributed by atoms with E-state index in [4.69, 9.17) is 25.8 Å². The van der Waals surface area contributed by atoms with Crippen LogP contribution < -0.4 is 19.5 Å². The smallest absolute Gasteiger partial charge is 0.262 e. The van der Waals surface area contributed by atoms with Crippen molar-refractivity contribution in [1.82, 2.24) is 0 Å². The van der Waals surface area contributed by atoms with Crippen LogP contribution in [0.3, 0.4) is 0 Å². The maximum Gasteiger partial charge on any atom is 0.262 e. The van der Waals surface area contributed by atoms with Crippen LogP contribution in [0.2, 0.25) is 5.02 Å². The van der Waals surface area contributed by atoms with Crippen molar-refractivity contribution in [1.29, 1.82) is 0 Å². The number of rotatable bonds is 4. The zero-order chi connectivity index (χ0) is 16.2. The van der Waals surface area contributed by atoms with Crippen molar-refractivity contribution in [3.05, 3.63) is 45.9 Å². The number of carbonyl (C=O) groups is 1. The minimum atomic E-state index is -0.294. The first-order valence-corrected chi connectivity index (χ1v) is 8.06. The largest absolute Gasteiger partial charge is 0.486 e. The van der Waals surface area contributed by atoms with Crippen LogP contribution in [0.5, 0.6) is 17.2 Å². The molecule has 23 heavy (non-hydrogen) atoms. The predicted molar refractivity (Wildman–Crippen MR) is 90.7 cm³/mol. The lowest BCUT2D eigenvalue weighted by molar-refractivity contribution is -0.118. The highest BCUT2D eigenvalue weighted by molar-refractivity contribution is 9.10. The number of ether oxygens (including phenoxy) is 3. The number of amides is 1. The van der Waals surface area contributed by atoms with E-state index >= 15 is 0 Å². The monoisotopic (exact) mass is 397 g/mol. The molecular weight excluding hydrogens is 386 g/mol. The van der Waals surface area contributed by atoms with E-state index in [2.05, 4.69) is 21.2 Å². The number of hydrogen-bond donors (Lipinski definition) is 1. The summed E-state index contributed by atoms with van der Waals surface area (Å²) in [6.07, 6.45) is 0. The molecule has 0 bridgehead atoms. The van der Waals surface area contributed by atoms with Crippen molar-refractivity contribution >= 4 is 39.1 Å². The lowest BCUT2D eigenvalue weighted by Gasteiger charge is -2.19. The fourth-order valence-corrected chi connectivity index (χ4v) is 2.56. The SMILES string of the molecule is O=C(COc1cc(Br)ccc1Cl)Nc1ccc2c(c1)OCCO2. The maximum atomic E-state index is 12.0. The maximum absolute atomic E-state index is 12.0. The zero-order valence-corrected chi connectivity index (χ0v) is 14.3. The highest BCUT2D eigenvalue weighted by atomic mass is 79.9. The quantitative estimate of drug-likeness (QED) is 0.849. The number of fused-ring (bicyclic) bond motifs is 1. The Balaban J connectivity index is 1.60. The number of halogens is 2. The van der Waals surface area contributed by atoms with Gasteiger partial charge in [-0.1, -0.05) is 27.5 Å². The highest BCUT2D eigenvalue weighted by Crippen LogP contribution is 2.32. The predicted octanol–water partition coefficient (Wildman–Crippen LogP) is 3.89. The summed E-state index contributed by atoms with van der Waals surface area (Å²) in [6, 6.07) is 10.4. The van der Waals surface area contributed by atoms with Gasteiger partial charge >= 0.3 is 0 Å². The van der Waals surface area contributed by atoms with E-state index in [-0.39, 0.29) is 12.5 Å². The second-order valence-corrected chi connectivity index (χ2v) is 6.09. The Kier molecular flexibility index (Phi) is 4.93. The van der Waals surface area contributed by atoms with Gasteiger partial charge in [0.1, 0.15) is 19.0 Å². The average molecular weight is 399 g/mol. The summed E-state index contributed by atoms with van der Waals surface area (Å²) in [4.78, 5) is 12.0. The van der Waals surface area contributed by atoms with E-state index in [1.807, 2.05) is 0 Å². The summed E-state index contributed by atoms with van der Waals surface area (Å²) in [5.41, 5.74) is 0.614. The van der Waals surface area contributed by atoms with E-state index < -0.39 is 0 Å². The summed E-state index contributed by atoms with van der Waals surface area (Å²) in [7, 11) is 0. The average Bonchev–Trinajstić information content (AvgIpc) is 2.55. The topological polar surface area (TPSA) is 56.8 Å². The van der Waals surface area contributed by atoms with Crippen LogP contribution >= 0.6 is 27.5 Å². The minimum Gasteiger partial charge on any atom is -0.486 e. The van der Waals surface area contributed by atoms with Crippen LogP contribution in [0.15, 0.2) is 40.9 Å². The molecule has 0 aromatic heterocycles. The van der Waals surface area contributed by atoms with Gasteiger partial charge in [0.15, 0.2) is 18.1 Å². The normalized spacial score (nSPS) is 12.6. The molecule has 1 N–H and O–H groups in total. The Hall–Kier alpha value is -1.92. The van der Waals surface area contributed by atoms with Crippen molar-refractivity contribution in [3.8, 4) is 17.2 Å². The molecule has 0 fully saturated rings. The first kappa shape index (κ1) is 16.0. The van der Waals surface area contributed by atoms with E-state index in [0.29, 0.717) is 41.2 Å². The van der Waals surface area contributed by atoms with Crippen LogP contribution in [-0.2, 0) is 4.79 Å². The standard InChI is InChI=1S/C16H13BrClNO4/c17-10-1-3-12(18)14(7-10)23-9-16(20)19-11-2-4-13-15(8-11)22-6-5-21-13/h1-4,7-8H,5-6,9H2,(H,19,20).